The minimum atomic E-state index is -0.459. The van der Waals surface area contributed by atoms with E-state index in [0.717, 1.165) is 11.3 Å². The van der Waals surface area contributed by atoms with E-state index in [1.54, 1.807) is 30.2 Å². The summed E-state index contributed by atoms with van der Waals surface area (Å²) in [7, 11) is 0. The van der Waals surface area contributed by atoms with E-state index in [2.05, 4.69) is 4.98 Å². The van der Waals surface area contributed by atoms with Gasteiger partial charge in [0.1, 0.15) is 0 Å². The van der Waals surface area contributed by atoms with E-state index in [4.69, 9.17) is 0 Å². The van der Waals surface area contributed by atoms with Crippen LogP contribution in [0.4, 0.5) is 5.69 Å². The number of hydrogen-bond donors (Lipinski definition) is 0. The molecule has 3 aromatic rings. The van der Waals surface area contributed by atoms with Crippen LogP contribution >= 0.6 is 0 Å². The van der Waals surface area contributed by atoms with Crippen LogP contribution in [0.15, 0.2) is 72.9 Å². The van der Waals surface area contributed by atoms with E-state index in [-0.39, 0.29) is 11.6 Å². The zero-order valence-electron chi connectivity index (χ0n) is 15.6. The minimum absolute atomic E-state index is 0.0494. The molecule has 142 valence electrons. The topological polar surface area (TPSA) is 76.3 Å². The van der Waals surface area contributed by atoms with Crippen LogP contribution in [0.5, 0.6) is 0 Å². The molecule has 0 spiro atoms. The Morgan fingerprint density at radius 1 is 1.07 bits per heavy atom. The highest BCUT2D eigenvalue weighted by Crippen LogP contribution is 2.21. The zero-order valence-corrected chi connectivity index (χ0v) is 15.6. The average Bonchev–Trinajstić information content (AvgIpc) is 2.72. The van der Waals surface area contributed by atoms with Gasteiger partial charge < -0.3 is 4.90 Å². The lowest BCUT2D eigenvalue weighted by molar-refractivity contribution is -0.385. The lowest BCUT2D eigenvalue weighted by Gasteiger charge is -2.23. The van der Waals surface area contributed by atoms with Gasteiger partial charge in [-0.25, -0.2) is 0 Å². The number of benzene rings is 2. The highest BCUT2D eigenvalue weighted by molar-refractivity contribution is 5.95. The molecule has 0 fully saturated rings. The highest BCUT2D eigenvalue weighted by atomic mass is 16.6. The summed E-state index contributed by atoms with van der Waals surface area (Å²) in [6.45, 7) is 2.49. The molecule has 1 heterocycles. The fourth-order valence-corrected chi connectivity index (χ4v) is 2.97. The average molecular weight is 375 g/mol. The van der Waals surface area contributed by atoms with Crippen LogP contribution < -0.4 is 0 Å². The quantitative estimate of drug-likeness (QED) is 0.458. The molecule has 0 aliphatic heterocycles. The Kier molecular flexibility index (Phi) is 6.11. The first-order chi connectivity index (χ1) is 13.5. The standard InChI is InChI=1S/C22H21N3O3/c1-17-10-11-19(15-21(17)25(27)28)22(26)24(16-20-9-5-6-13-23-20)14-12-18-7-3-2-4-8-18/h2-11,13,15H,12,14,16H2,1H3. The first-order valence-electron chi connectivity index (χ1n) is 9.03. The van der Waals surface area contributed by atoms with Crippen LogP contribution in [0.25, 0.3) is 0 Å². The summed E-state index contributed by atoms with van der Waals surface area (Å²) >= 11 is 0. The number of aromatic nitrogens is 1. The van der Waals surface area contributed by atoms with Gasteiger partial charge in [0.25, 0.3) is 11.6 Å². The van der Waals surface area contributed by atoms with Crippen molar-refractivity contribution in [1.82, 2.24) is 9.88 Å². The molecular formula is C22H21N3O3. The Labute approximate surface area is 163 Å². The third-order valence-electron chi connectivity index (χ3n) is 4.53. The van der Waals surface area contributed by atoms with Crippen LogP contribution in [0, 0.1) is 17.0 Å². The maximum absolute atomic E-state index is 13.1. The monoisotopic (exact) mass is 375 g/mol. The number of aryl methyl sites for hydroxylation is 1. The second-order valence-electron chi connectivity index (χ2n) is 6.54. The molecule has 0 N–H and O–H groups in total. The molecule has 1 amide bonds. The first kappa shape index (κ1) is 19.2. The van der Waals surface area contributed by atoms with Gasteiger partial charge >= 0.3 is 0 Å². The van der Waals surface area contributed by atoms with Crippen molar-refractivity contribution in [3.63, 3.8) is 0 Å². The van der Waals surface area contributed by atoms with Gasteiger partial charge in [-0.05, 0) is 37.1 Å². The third-order valence-corrected chi connectivity index (χ3v) is 4.53. The summed E-state index contributed by atoms with van der Waals surface area (Å²) in [6, 6.07) is 20.1. The van der Waals surface area contributed by atoms with Gasteiger partial charge in [-0.2, -0.15) is 0 Å². The maximum atomic E-state index is 13.1. The SMILES string of the molecule is Cc1ccc(C(=O)N(CCc2ccccc2)Cc2ccccn2)cc1[N+](=O)[O-]. The Hall–Kier alpha value is -3.54. The van der Waals surface area contributed by atoms with Crippen molar-refractivity contribution in [2.24, 2.45) is 0 Å². The molecule has 6 heteroatoms. The molecule has 1 aromatic heterocycles. The van der Waals surface area contributed by atoms with Gasteiger partial charge in [0.15, 0.2) is 0 Å². The largest absolute Gasteiger partial charge is 0.332 e. The summed E-state index contributed by atoms with van der Waals surface area (Å²) in [5.74, 6) is -0.246. The molecule has 0 unspecified atom stereocenters. The molecule has 6 nitrogen and oxygen atoms in total. The first-order valence-corrected chi connectivity index (χ1v) is 9.03. The van der Waals surface area contributed by atoms with Gasteiger partial charge in [0, 0.05) is 29.9 Å². The van der Waals surface area contributed by atoms with Crippen LogP contribution in [-0.2, 0) is 13.0 Å². The smallest absolute Gasteiger partial charge is 0.273 e. The molecule has 2 aromatic carbocycles. The molecule has 0 aliphatic rings. The van der Waals surface area contributed by atoms with Crippen molar-refractivity contribution in [2.75, 3.05) is 6.54 Å². The zero-order chi connectivity index (χ0) is 19.9. The second kappa shape index (κ2) is 8.90. The predicted octanol–water partition coefficient (Wildman–Crippen LogP) is 4.18. The summed E-state index contributed by atoms with van der Waals surface area (Å²) in [5, 5.41) is 11.2. The number of nitrogens with zero attached hydrogens (tertiary/aromatic N) is 3. The Morgan fingerprint density at radius 3 is 2.50 bits per heavy atom. The van der Waals surface area contributed by atoms with E-state index >= 15 is 0 Å². The summed E-state index contributed by atoms with van der Waals surface area (Å²) in [5.41, 5.74) is 2.68. The number of nitro benzene ring substituents is 1. The lowest BCUT2D eigenvalue weighted by atomic mass is 10.1. The molecule has 0 saturated heterocycles. The Bertz CT molecular complexity index is 959. The van der Waals surface area contributed by atoms with Crippen LogP contribution in [-0.4, -0.2) is 27.3 Å². The molecule has 0 saturated carbocycles. The molecule has 3 rings (SSSR count). The van der Waals surface area contributed by atoms with Crippen molar-refractivity contribution < 1.29 is 9.72 Å². The predicted molar refractivity (Wildman–Crippen MR) is 107 cm³/mol. The fraction of sp³-hybridized carbons (Fsp3) is 0.182. The molecule has 0 atom stereocenters. The summed E-state index contributed by atoms with van der Waals surface area (Å²) in [4.78, 5) is 29.9. The van der Waals surface area contributed by atoms with Gasteiger partial charge in [-0.3, -0.25) is 19.9 Å². The van der Waals surface area contributed by atoms with Crippen LogP contribution in [0.2, 0.25) is 0 Å². The minimum Gasteiger partial charge on any atom is -0.332 e. The molecule has 0 radical (unpaired) electrons. The number of hydrogen-bond acceptors (Lipinski definition) is 4. The van der Waals surface area contributed by atoms with Gasteiger partial charge in [-0.15, -0.1) is 0 Å². The number of carbonyl (C=O) groups excluding carboxylic acids is 1. The van der Waals surface area contributed by atoms with Crippen molar-refractivity contribution >= 4 is 11.6 Å². The Morgan fingerprint density at radius 2 is 1.82 bits per heavy atom. The molecular weight excluding hydrogens is 354 g/mol. The summed E-state index contributed by atoms with van der Waals surface area (Å²) < 4.78 is 0. The van der Waals surface area contributed by atoms with Gasteiger partial charge in [0.2, 0.25) is 0 Å². The second-order valence-corrected chi connectivity index (χ2v) is 6.54. The van der Waals surface area contributed by atoms with E-state index in [1.165, 1.54) is 6.07 Å². The Balaban J connectivity index is 1.85. The number of amides is 1. The number of nitro groups is 1. The van der Waals surface area contributed by atoms with E-state index in [1.807, 2.05) is 48.5 Å². The van der Waals surface area contributed by atoms with Crippen LogP contribution in [0.1, 0.15) is 27.2 Å². The van der Waals surface area contributed by atoms with Crippen LogP contribution in [0.3, 0.4) is 0 Å². The van der Waals surface area contributed by atoms with Crippen molar-refractivity contribution in [3.05, 3.63) is 105 Å². The van der Waals surface area contributed by atoms with Crippen molar-refractivity contribution in [2.45, 2.75) is 19.9 Å². The number of pyridine rings is 1. The normalized spacial score (nSPS) is 10.5. The lowest BCUT2D eigenvalue weighted by Crippen LogP contribution is -2.33. The molecule has 28 heavy (non-hydrogen) atoms. The van der Waals surface area contributed by atoms with E-state index in [0.29, 0.717) is 30.6 Å². The number of carbonyl (C=O) groups is 1. The van der Waals surface area contributed by atoms with Crippen molar-refractivity contribution in [1.29, 1.82) is 0 Å². The third kappa shape index (κ3) is 4.79. The summed E-state index contributed by atoms with van der Waals surface area (Å²) in [6.07, 6.45) is 2.37. The molecule has 0 bridgehead atoms. The van der Waals surface area contributed by atoms with E-state index < -0.39 is 4.92 Å². The van der Waals surface area contributed by atoms with Gasteiger partial charge in [0.05, 0.1) is 17.2 Å². The van der Waals surface area contributed by atoms with Gasteiger partial charge in [-0.1, -0.05) is 42.5 Å². The maximum Gasteiger partial charge on any atom is 0.273 e. The van der Waals surface area contributed by atoms with E-state index in [9.17, 15) is 14.9 Å². The van der Waals surface area contributed by atoms with Crippen molar-refractivity contribution in [3.8, 4) is 0 Å². The number of rotatable bonds is 7. The highest BCUT2D eigenvalue weighted by Gasteiger charge is 2.20. The molecule has 0 aliphatic carbocycles. The fourth-order valence-electron chi connectivity index (χ4n) is 2.97.